The number of carbonyl (C=O) groups is 1. The molecular weight excluding hydrogens is 250 g/mol. The molecule has 1 aromatic rings. The molecule has 0 fully saturated rings. The van der Waals surface area contributed by atoms with E-state index < -0.39 is 0 Å². The summed E-state index contributed by atoms with van der Waals surface area (Å²) >= 11 is 0. The maximum absolute atomic E-state index is 12.0. The zero-order valence-electron chi connectivity index (χ0n) is 12.5. The molecule has 20 heavy (non-hydrogen) atoms. The van der Waals surface area contributed by atoms with Crippen molar-refractivity contribution in [2.45, 2.75) is 40.0 Å². The zero-order chi connectivity index (χ0) is 15.0. The Bertz CT molecular complexity index is 507. The van der Waals surface area contributed by atoms with Crippen molar-refractivity contribution in [2.75, 3.05) is 11.9 Å². The Morgan fingerprint density at radius 2 is 2.05 bits per heavy atom. The van der Waals surface area contributed by atoms with E-state index in [9.17, 15) is 4.79 Å². The summed E-state index contributed by atoms with van der Waals surface area (Å²) in [7, 11) is 0. The Balaban J connectivity index is 2.78. The molecule has 0 unspecified atom stereocenters. The van der Waals surface area contributed by atoms with Crippen LogP contribution in [0, 0.1) is 24.7 Å². The fourth-order valence-corrected chi connectivity index (χ4v) is 2.00. The summed E-state index contributed by atoms with van der Waals surface area (Å²) in [5.41, 5.74) is 2.77. The first kappa shape index (κ1) is 16.3. The number of aliphatic hydroxyl groups excluding tert-OH is 1. The van der Waals surface area contributed by atoms with Crippen molar-refractivity contribution in [3.63, 3.8) is 0 Å². The fraction of sp³-hybridized carbons (Fsp3) is 0.471. The van der Waals surface area contributed by atoms with Crippen LogP contribution in [0.25, 0.3) is 0 Å². The summed E-state index contributed by atoms with van der Waals surface area (Å²) in [5.74, 6) is 6.06. The van der Waals surface area contributed by atoms with Gasteiger partial charge >= 0.3 is 0 Å². The highest BCUT2D eigenvalue weighted by Gasteiger charge is 2.14. The molecule has 3 nitrogen and oxygen atoms in total. The summed E-state index contributed by atoms with van der Waals surface area (Å²) in [4.78, 5) is 12.0. The second kappa shape index (κ2) is 8.39. The first-order valence-electron chi connectivity index (χ1n) is 7.13. The largest absolute Gasteiger partial charge is 0.395 e. The molecule has 0 radical (unpaired) electrons. The number of aryl methyl sites for hydroxylation is 1. The number of hydrogen-bond donors (Lipinski definition) is 2. The second-order valence-corrected chi connectivity index (χ2v) is 4.81. The molecule has 0 heterocycles. The van der Waals surface area contributed by atoms with Crippen molar-refractivity contribution >= 4 is 11.6 Å². The average Bonchev–Trinajstić information content (AvgIpc) is 2.43. The Morgan fingerprint density at radius 1 is 1.35 bits per heavy atom. The highest BCUT2D eigenvalue weighted by Crippen LogP contribution is 2.17. The highest BCUT2D eigenvalue weighted by atomic mass is 16.2. The maximum atomic E-state index is 12.0. The van der Waals surface area contributed by atoms with Crippen LogP contribution >= 0.6 is 0 Å². The number of nitrogens with one attached hydrogen (secondary N) is 1. The van der Waals surface area contributed by atoms with Crippen LogP contribution in [0.15, 0.2) is 18.2 Å². The minimum Gasteiger partial charge on any atom is -0.395 e. The van der Waals surface area contributed by atoms with Gasteiger partial charge < -0.3 is 10.4 Å². The number of amides is 1. The summed E-state index contributed by atoms with van der Waals surface area (Å²) in [6.45, 7) is 6.10. The lowest BCUT2D eigenvalue weighted by Crippen LogP contribution is -2.21. The minimum absolute atomic E-state index is 0.0688. The minimum atomic E-state index is 0.0688. The first-order chi connectivity index (χ1) is 9.62. The molecule has 1 rings (SSSR count). The van der Waals surface area contributed by atoms with Gasteiger partial charge in [0.1, 0.15) is 0 Å². The lowest BCUT2D eigenvalue weighted by Gasteiger charge is -2.13. The predicted molar refractivity (Wildman–Crippen MR) is 82.5 cm³/mol. The maximum Gasteiger partial charge on any atom is 0.227 e. The smallest absolute Gasteiger partial charge is 0.227 e. The molecular formula is C17H23NO2. The average molecular weight is 273 g/mol. The molecule has 1 aromatic carbocycles. The molecule has 0 aliphatic heterocycles. The van der Waals surface area contributed by atoms with E-state index >= 15 is 0 Å². The van der Waals surface area contributed by atoms with Crippen LogP contribution in [0.2, 0.25) is 0 Å². The third-order valence-electron chi connectivity index (χ3n) is 3.31. The molecule has 0 atom stereocenters. The summed E-state index contributed by atoms with van der Waals surface area (Å²) < 4.78 is 0. The number of carbonyl (C=O) groups excluding carboxylic acids is 1. The van der Waals surface area contributed by atoms with Crippen LogP contribution in [0.1, 0.15) is 44.2 Å². The van der Waals surface area contributed by atoms with Gasteiger partial charge in [-0.3, -0.25) is 4.79 Å². The molecule has 0 saturated heterocycles. The molecule has 0 bridgehead atoms. The van der Waals surface area contributed by atoms with Gasteiger partial charge in [0.2, 0.25) is 5.91 Å². The van der Waals surface area contributed by atoms with Crippen molar-refractivity contribution in [1.29, 1.82) is 0 Å². The van der Waals surface area contributed by atoms with Crippen LogP contribution in [-0.4, -0.2) is 17.6 Å². The molecule has 0 saturated carbocycles. The number of hydrogen-bond acceptors (Lipinski definition) is 2. The Hall–Kier alpha value is -1.79. The summed E-state index contributed by atoms with van der Waals surface area (Å²) in [6, 6.07) is 5.71. The van der Waals surface area contributed by atoms with Crippen LogP contribution in [-0.2, 0) is 4.79 Å². The molecule has 3 heteroatoms. The van der Waals surface area contributed by atoms with Crippen LogP contribution < -0.4 is 5.32 Å². The van der Waals surface area contributed by atoms with Gasteiger partial charge in [0, 0.05) is 23.6 Å². The van der Waals surface area contributed by atoms with Gasteiger partial charge in [-0.2, -0.15) is 0 Å². The predicted octanol–water partition coefficient (Wildman–Crippen LogP) is 3.10. The van der Waals surface area contributed by atoms with Crippen LogP contribution in [0.5, 0.6) is 0 Å². The van der Waals surface area contributed by atoms with E-state index in [1.54, 1.807) is 0 Å². The molecule has 0 aromatic heterocycles. The number of anilines is 1. The van der Waals surface area contributed by atoms with Gasteiger partial charge in [-0.1, -0.05) is 25.7 Å². The fourth-order valence-electron chi connectivity index (χ4n) is 2.00. The van der Waals surface area contributed by atoms with E-state index in [2.05, 4.69) is 17.2 Å². The normalized spacial score (nSPS) is 10.1. The third kappa shape index (κ3) is 4.71. The van der Waals surface area contributed by atoms with Gasteiger partial charge in [-0.05, 0) is 43.5 Å². The number of rotatable bonds is 5. The highest BCUT2D eigenvalue weighted by molar-refractivity contribution is 5.92. The Kier molecular flexibility index (Phi) is 6.83. The van der Waals surface area contributed by atoms with Crippen molar-refractivity contribution in [1.82, 2.24) is 0 Å². The van der Waals surface area contributed by atoms with Crippen molar-refractivity contribution < 1.29 is 9.90 Å². The Morgan fingerprint density at radius 3 is 2.60 bits per heavy atom. The number of benzene rings is 1. The third-order valence-corrected chi connectivity index (χ3v) is 3.31. The van der Waals surface area contributed by atoms with Gasteiger partial charge in [0.25, 0.3) is 0 Å². The van der Waals surface area contributed by atoms with Crippen LogP contribution in [0.3, 0.4) is 0 Å². The standard InChI is InChI=1S/C17H23NO2/c1-4-14(5-2)17(20)18-16-10-9-15(13(3)12-16)8-6-7-11-19/h9-10,12,14,19H,4-5,7,11H2,1-3H3,(H,18,20). The van der Waals surface area contributed by atoms with E-state index in [0.29, 0.717) is 6.42 Å². The SMILES string of the molecule is CCC(CC)C(=O)Nc1ccc(C#CCCO)c(C)c1. The lowest BCUT2D eigenvalue weighted by atomic mass is 10.0. The summed E-state index contributed by atoms with van der Waals surface area (Å²) in [5, 5.41) is 11.7. The molecule has 0 spiro atoms. The monoisotopic (exact) mass is 273 g/mol. The topological polar surface area (TPSA) is 49.3 Å². The Labute approximate surface area is 121 Å². The molecule has 108 valence electrons. The van der Waals surface area contributed by atoms with E-state index in [1.165, 1.54) is 0 Å². The molecule has 1 amide bonds. The van der Waals surface area contributed by atoms with E-state index in [0.717, 1.165) is 29.7 Å². The molecule has 0 aliphatic rings. The van der Waals surface area contributed by atoms with E-state index in [1.807, 2.05) is 39.0 Å². The summed E-state index contributed by atoms with van der Waals surface area (Å²) in [6.07, 6.45) is 2.19. The van der Waals surface area contributed by atoms with Gasteiger partial charge in [0.05, 0.1) is 6.61 Å². The van der Waals surface area contributed by atoms with E-state index in [-0.39, 0.29) is 18.4 Å². The first-order valence-corrected chi connectivity index (χ1v) is 7.13. The van der Waals surface area contributed by atoms with Crippen molar-refractivity contribution in [2.24, 2.45) is 5.92 Å². The quantitative estimate of drug-likeness (QED) is 0.810. The van der Waals surface area contributed by atoms with E-state index in [4.69, 9.17) is 5.11 Å². The zero-order valence-corrected chi connectivity index (χ0v) is 12.5. The van der Waals surface area contributed by atoms with Crippen LogP contribution in [0.4, 0.5) is 5.69 Å². The second-order valence-electron chi connectivity index (χ2n) is 4.81. The van der Waals surface area contributed by atoms with Gasteiger partial charge in [-0.15, -0.1) is 0 Å². The van der Waals surface area contributed by atoms with Crippen molar-refractivity contribution in [3.05, 3.63) is 29.3 Å². The van der Waals surface area contributed by atoms with Gasteiger partial charge in [0.15, 0.2) is 0 Å². The van der Waals surface area contributed by atoms with Gasteiger partial charge in [-0.25, -0.2) is 0 Å². The lowest BCUT2D eigenvalue weighted by molar-refractivity contribution is -0.120. The molecule has 0 aliphatic carbocycles. The molecule has 2 N–H and O–H groups in total. The van der Waals surface area contributed by atoms with Crippen molar-refractivity contribution in [3.8, 4) is 11.8 Å². The number of aliphatic hydroxyl groups is 1.